The third-order valence-corrected chi connectivity index (χ3v) is 4.83. The maximum Gasteiger partial charge on any atom is 0.282 e. The highest BCUT2D eigenvalue weighted by Gasteiger charge is 2.34. The molecule has 0 aliphatic carbocycles. The predicted octanol–water partition coefficient (Wildman–Crippen LogP) is 2.53. The zero-order chi connectivity index (χ0) is 20.5. The van der Waals surface area contributed by atoms with E-state index in [0.717, 1.165) is 9.48 Å². The Kier molecular flexibility index (Phi) is 4.77. The Morgan fingerprint density at radius 1 is 1.03 bits per heavy atom. The van der Waals surface area contributed by atoms with Crippen molar-refractivity contribution < 1.29 is 23.9 Å². The van der Waals surface area contributed by atoms with Gasteiger partial charge in [-0.1, -0.05) is 40.2 Å². The van der Waals surface area contributed by atoms with Gasteiger partial charge in [0.25, 0.3) is 11.8 Å². The monoisotopic (exact) mass is 451 g/mol. The van der Waals surface area contributed by atoms with Crippen LogP contribution in [0.3, 0.4) is 0 Å². The van der Waals surface area contributed by atoms with Crippen molar-refractivity contribution in [1.29, 1.82) is 0 Å². The Hall–Kier alpha value is -3.65. The molecule has 29 heavy (non-hydrogen) atoms. The van der Waals surface area contributed by atoms with E-state index in [1.165, 1.54) is 12.1 Å². The second-order valence-corrected chi connectivity index (χ2v) is 7.07. The van der Waals surface area contributed by atoms with E-state index in [-0.39, 0.29) is 22.7 Å². The van der Waals surface area contributed by atoms with Crippen LogP contribution in [0.15, 0.2) is 75.1 Å². The zero-order valence-electron chi connectivity index (χ0n) is 14.7. The average Bonchev–Trinajstić information content (AvgIpc) is 3.29. The Labute approximate surface area is 173 Å². The van der Waals surface area contributed by atoms with E-state index >= 15 is 0 Å². The molecule has 1 fully saturated rings. The first-order chi connectivity index (χ1) is 13.9. The van der Waals surface area contributed by atoms with Gasteiger partial charge in [0.2, 0.25) is 0 Å². The number of aromatic carboxylic acids is 1. The van der Waals surface area contributed by atoms with Gasteiger partial charge in [0, 0.05) is 15.6 Å². The van der Waals surface area contributed by atoms with Gasteiger partial charge in [-0.3, -0.25) is 15.0 Å². The summed E-state index contributed by atoms with van der Waals surface area (Å²) in [5, 5.41) is 12.4. The first-order valence-electron chi connectivity index (χ1n) is 8.47. The van der Waals surface area contributed by atoms with Crippen LogP contribution in [0.25, 0.3) is 17.4 Å². The smallest absolute Gasteiger partial charge is 0.282 e. The topological polar surface area (TPSA) is 103 Å². The second kappa shape index (κ2) is 7.40. The number of hydrogen-bond donors (Lipinski definition) is 1. The van der Waals surface area contributed by atoms with Gasteiger partial charge >= 0.3 is 0 Å². The lowest BCUT2D eigenvalue weighted by Crippen LogP contribution is -2.35. The molecule has 0 radical (unpaired) electrons. The summed E-state index contributed by atoms with van der Waals surface area (Å²) >= 11 is 3.32. The molecule has 1 N–H and O–H groups in total. The predicted molar refractivity (Wildman–Crippen MR) is 106 cm³/mol. The molecule has 0 bridgehead atoms. The van der Waals surface area contributed by atoms with Gasteiger partial charge in [0.15, 0.2) is 0 Å². The van der Waals surface area contributed by atoms with E-state index < -0.39 is 17.8 Å². The van der Waals surface area contributed by atoms with Gasteiger partial charge in [0.05, 0.1) is 11.7 Å². The van der Waals surface area contributed by atoms with Crippen molar-refractivity contribution >= 4 is 45.5 Å². The molecule has 1 saturated heterocycles. The summed E-state index contributed by atoms with van der Waals surface area (Å²) in [6.07, 6.45) is 1.32. The van der Waals surface area contributed by atoms with Crippen molar-refractivity contribution in [1.82, 2.24) is 5.43 Å². The standard InChI is InChI=1S/C21H13BrN2O5/c22-12-5-7-13(8-6-12)24-20(26)17(19(25)23-24)11-14-9-10-18(29-14)15-3-1-2-4-16(15)21(27)28/h1-11H,(H,23,25)(H,27,28)/p-1/b17-11+. The van der Waals surface area contributed by atoms with Gasteiger partial charge in [-0.25, -0.2) is 5.01 Å². The van der Waals surface area contributed by atoms with E-state index in [4.69, 9.17) is 4.42 Å². The van der Waals surface area contributed by atoms with Crippen molar-refractivity contribution in [3.63, 3.8) is 0 Å². The van der Waals surface area contributed by atoms with Gasteiger partial charge < -0.3 is 14.3 Å². The Morgan fingerprint density at radius 2 is 1.76 bits per heavy atom. The number of anilines is 1. The maximum absolute atomic E-state index is 12.7. The molecular weight excluding hydrogens is 440 g/mol. The molecule has 1 aromatic heterocycles. The quantitative estimate of drug-likeness (QED) is 0.484. The minimum absolute atomic E-state index is 0.0165. The van der Waals surface area contributed by atoms with Gasteiger partial charge in [0.1, 0.15) is 17.1 Å². The number of hydrazine groups is 1. The number of carbonyl (C=O) groups excluding carboxylic acids is 3. The number of rotatable bonds is 4. The number of amides is 2. The number of halogens is 1. The lowest BCUT2D eigenvalue weighted by atomic mass is 10.1. The summed E-state index contributed by atoms with van der Waals surface area (Å²) in [6.45, 7) is 0. The van der Waals surface area contributed by atoms with Crippen molar-refractivity contribution in [2.75, 3.05) is 5.01 Å². The number of carbonyl (C=O) groups is 3. The van der Waals surface area contributed by atoms with Crippen LogP contribution in [-0.4, -0.2) is 17.8 Å². The number of nitrogens with zero attached hydrogens (tertiary/aromatic N) is 1. The minimum atomic E-state index is -1.33. The molecule has 0 unspecified atom stereocenters. The molecule has 3 aromatic rings. The van der Waals surface area contributed by atoms with Crippen molar-refractivity contribution in [3.05, 3.63) is 82.0 Å². The van der Waals surface area contributed by atoms with Gasteiger partial charge in [-0.05, 0) is 42.5 Å². The lowest BCUT2D eigenvalue weighted by Gasteiger charge is -2.14. The van der Waals surface area contributed by atoms with Crippen molar-refractivity contribution in [3.8, 4) is 11.3 Å². The van der Waals surface area contributed by atoms with Gasteiger partial charge in [-0.15, -0.1) is 0 Å². The Morgan fingerprint density at radius 3 is 2.48 bits per heavy atom. The molecule has 1 aliphatic rings. The number of carboxylic acids is 1. The van der Waals surface area contributed by atoms with Crippen LogP contribution in [0.4, 0.5) is 5.69 Å². The average molecular weight is 452 g/mol. The second-order valence-electron chi connectivity index (χ2n) is 6.15. The Balaban J connectivity index is 1.64. The normalized spacial score (nSPS) is 15.1. The number of carboxylic acid groups (broad SMARTS) is 1. The number of benzene rings is 2. The van der Waals surface area contributed by atoms with Crippen molar-refractivity contribution in [2.45, 2.75) is 0 Å². The molecule has 0 saturated carbocycles. The molecule has 2 heterocycles. The number of hydrogen-bond acceptors (Lipinski definition) is 5. The molecular formula is C21H12BrN2O5-. The van der Waals surface area contributed by atoms with Crippen LogP contribution in [0.5, 0.6) is 0 Å². The number of nitrogens with one attached hydrogen (secondary N) is 1. The number of furan rings is 1. The highest BCUT2D eigenvalue weighted by Crippen LogP contribution is 2.28. The van der Waals surface area contributed by atoms with Crippen LogP contribution < -0.4 is 15.5 Å². The molecule has 4 rings (SSSR count). The lowest BCUT2D eigenvalue weighted by molar-refractivity contribution is -0.255. The molecule has 0 atom stereocenters. The van der Waals surface area contributed by atoms with E-state index in [1.807, 2.05) is 0 Å². The fourth-order valence-corrected chi connectivity index (χ4v) is 3.19. The van der Waals surface area contributed by atoms with Crippen LogP contribution in [-0.2, 0) is 9.59 Å². The first kappa shape index (κ1) is 18.7. The summed E-state index contributed by atoms with van der Waals surface area (Å²) in [5.74, 6) is -1.89. The molecule has 8 heteroatoms. The van der Waals surface area contributed by atoms with E-state index in [9.17, 15) is 19.5 Å². The summed E-state index contributed by atoms with van der Waals surface area (Å²) < 4.78 is 6.49. The third-order valence-electron chi connectivity index (χ3n) is 4.30. The van der Waals surface area contributed by atoms with E-state index in [2.05, 4.69) is 21.4 Å². The molecule has 144 valence electrons. The highest BCUT2D eigenvalue weighted by molar-refractivity contribution is 9.10. The van der Waals surface area contributed by atoms with Gasteiger partial charge in [-0.2, -0.15) is 0 Å². The molecule has 1 aliphatic heterocycles. The zero-order valence-corrected chi connectivity index (χ0v) is 16.3. The summed E-state index contributed by atoms with van der Waals surface area (Å²) in [7, 11) is 0. The molecule has 0 spiro atoms. The van der Waals surface area contributed by atoms with Crippen molar-refractivity contribution in [2.24, 2.45) is 0 Å². The summed E-state index contributed by atoms with van der Waals surface area (Å²) in [5.41, 5.74) is 3.25. The summed E-state index contributed by atoms with van der Waals surface area (Å²) in [6, 6.07) is 16.3. The molecule has 7 nitrogen and oxygen atoms in total. The van der Waals surface area contributed by atoms with Crippen LogP contribution >= 0.6 is 15.9 Å². The largest absolute Gasteiger partial charge is 0.545 e. The Bertz CT molecular complexity index is 1160. The summed E-state index contributed by atoms with van der Waals surface area (Å²) in [4.78, 5) is 36.2. The molecule has 2 aromatic carbocycles. The van der Waals surface area contributed by atoms with E-state index in [0.29, 0.717) is 11.3 Å². The van der Waals surface area contributed by atoms with Crippen LogP contribution in [0, 0.1) is 0 Å². The SMILES string of the molecule is O=C1NN(c2ccc(Br)cc2)C(=O)/C1=C/c1ccc(-c2ccccc2C(=O)[O-])o1. The highest BCUT2D eigenvalue weighted by atomic mass is 79.9. The molecule has 2 amide bonds. The fraction of sp³-hybridized carbons (Fsp3) is 0. The maximum atomic E-state index is 12.7. The first-order valence-corrected chi connectivity index (χ1v) is 9.26. The van der Waals surface area contributed by atoms with Crippen LogP contribution in [0.2, 0.25) is 0 Å². The van der Waals surface area contributed by atoms with Crippen LogP contribution in [0.1, 0.15) is 16.1 Å². The third kappa shape index (κ3) is 3.57. The fourth-order valence-electron chi connectivity index (χ4n) is 2.92. The van der Waals surface area contributed by atoms with E-state index in [1.54, 1.807) is 54.6 Å². The minimum Gasteiger partial charge on any atom is -0.545 e.